The first-order chi connectivity index (χ1) is 6.45. The van der Waals surface area contributed by atoms with Gasteiger partial charge in [-0.3, -0.25) is 4.79 Å². The molecule has 76 valence electrons. The van der Waals surface area contributed by atoms with E-state index in [2.05, 4.69) is 4.98 Å². The van der Waals surface area contributed by atoms with Crippen LogP contribution < -0.4 is 11.5 Å². The fourth-order valence-corrected chi connectivity index (χ4v) is 1.68. The van der Waals surface area contributed by atoms with Crippen LogP contribution in [-0.2, 0) is 0 Å². The van der Waals surface area contributed by atoms with Crippen LogP contribution in [0.1, 0.15) is 22.3 Å². The predicted molar refractivity (Wildman–Crippen MR) is 54.8 cm³/mol. The van der Waals surface area contributed by atoms with Crippen molar-refractivity contribution < 1.29 is 13.6 Å². The highest BCUT2D eigenvalue weighted by Gasteiger charge is 2.23. The summed E-state index contributed by atoms with van der Waals surface area (Å²) in [7, 11) is 0. The number of amides is 1. The number of aromatic nitrogens is 1. The number of nitrogens with zero attached hydrogens (tertiary/aromatic N) is 1. The summed E-state index contributed by atoms with van der Waals surface area (Å²) in [6.07, 6.45) is -1.64. The molecule has 4 N–H and O–H groups in total. The zero-order chi connectivity index (χ0) is 10.9. The van der Waals surface area contributed by atoms with Gasteiger partial charge in [0, 0.05) is 9.77 Å². The third-order valence-electron chi connectivity index (χ3n) is 1.57. The summed E-state index contributed by atoms with van der Waals surface area (Å²) in [6.45, 7) is 0. The number of pyridine rings is 1. The molecule has 14 heavy (non-hydrogen) atoms. The van der Waals surface area contributed by atoms with Crippen molar-refractivity contribution in [1.29, 1.82) is 0 Å². The van der Waals surface area contributed by atoms with E-state index in [-0.39, 0.29) is 15.0 Å². The number of alkyl halides is 2. The van der Waals surface area contributed by atoms with E-state index < -0.39 is 17.9 Å². The van der Waals surface area contributed by atoms with E-state index in [4.69, 9.17) is 11.5 Å². The monoisotopic (exact) mass is 313 g/mol. The van der Waals surface area contributed by atoms with Gasteiger partial charge in [0.25, 0.3) is 6.43 Å². The Balaban J connectivity index is 3.50. The lowest BCUT2D eigenvalue weighted by Crippen LogP contribution is -2.18. The normalized spacial score (nSPS) is 10.6. The summed E-state index contributed by atoms with van der Waals surface area (Å²) in [6, 6.07) is 0. The Labute approximate surface area is 91.8 Å². The quantitative estimate of drug-likeness (QED) is 0.808. The Kier molecular flexibility index (Phi) is 3.19. The minimum Gasteiger partial charge on any atom is -0.383 e. The second-order valence-corrected chi connectivity index (χ2v) is 3.61. The van der Waals surface area contributed by atoms with Crippen molar-refractivity contribution in [3.63, 3.8) is 0 Å². The Bertz CT molecular complexity index is 383. The predicted octanol–water partition coefficient (Wildman–Crippen LogP) is 1.30. The van der Waals surface area contributed by atoms with Crippen molar-refractivity contribution in [3.05, 3.63) is 20.9 Å². The number of nitrogen functional groups attached to an aromatic ring is 1. The largest absolute Gasteiger partial charge is 0.383 e. The third kappa shape index (κ3) is 1.91. The van der Waals surface area contributed by atoms with Crippen molar-refractivity contribution >= 4 is 34.3 Å². The first-order valence-electron chi connectivity index (χ1n) is 3.47. The van der Waals surface area contributed by atoms with Crippen molar-refractivity contribution in [1.82, 2.24) is 4.98 Å². The zero-order valence-corrected chi connectivity index (χ0v) is 8.96. The standard InChI is InChI=1S/C7H6F2IN3O/c8-5(9)4-3(7(12)14)2(10)1-13-6(4)11/h1,5H,(H2,11,13)(H2,12,14). The van der Waals surface area contributed by atoms with E-state index >= 15 is 0 Å². The summed E-state index contributed by atoms with van der Waals surface area (Å²) >= 11 is 1.70. The molecular weight excluding hydrogens is 307 g/mol. The molecule has 1 aromatic heterocycles. The van der Waals surface area contributed by atoms with Gasteiger partial charge in [0.2, 0.25) is 5.91 Å². The van der Waals surface area contributed by atoms with E-state index in [1.54, 1.807) is 22.6 Å². The van der Waals surface area contributed by atoms with Crippen LogP contribution >= 0.6 is 22.6 Å². The number of hydrogen-bond donors (Lipinski definition) is 2. The van der Waals surface area contributed by atoms with Crippen LogP contribution in [0.3, 0.4) is 0 Å². The van der Waals surface area contributed by atoms with Gasteiger partial charge in [0.15, 0.2) is 0 Å². The molecule has 1 heterocycles. The van der Waals surface area contributed by atoms with E-state index in [1.807, 2.05) is 0 Å². The van der Waals surface area contributed by atoms with Crippen LogP contribution in [0, 0.1) is 3.57 Å². The number of rotatable bonds is 2. The van der Waals surface area contributed by atoms with Crippen LogP contribution in [-0.4, -0.2) is 10.9 Å². The lowest BCUT2D eigenvalue weighted by Gasteiger charge is -2.09. The first kappa shape index (κ1) is 11.1. The molecule has 7 heteroatoms. The van der Waals surface area contributed by atoms with Gasteiger partial charge in [0.05, 0.1) is 11.1 Å². The van der Waals surface area contributed by atoms with Gasteiger partial charge in [-0.05, 0) is 22.6 Å². The molecule has 0 saturated carbocycles. The second kappa shape index (κ2) is 4.03. The van der Waals surface area contributed by atoms with E-state index in [1.165, 1.54) is 6.20 Å². The third-order valence-corrected chi connectivity index (χ3v) is 2.38. The van der Waals surface area contributed by atoms with Gasteiger partial charge in [0.1, 0.15) is 5.82 Å². The summed E-state index contributed by atoms with van der Waals surface area (Å²) in [5.41, 5.74) is 9.34. The average Bonchev–Trinajstić information content (AvgIpc) is 2.07. The summed E-state index contributed by atoms with van der Waals surface area (Å²) in [5.74, 6) is -1.30. The maximum atomic E-state index is 12.5. The minimum absolute atomic E-state index is 0.256. The van der Waals surface area contributed by atoms with Crippen LogP contribution in [0.15, 0.2) is 6.20 Å². The van der Waals surface area contributed by atoms with Gasteiger partial charge in [-0.1, -0.05) is 0 Å². The number of carbonyl (C=O) groups excluding carboxylic acids is 1. The molecule has 0 bridgehead atoms. The number of anilines is 1. The molecule has 0 radical (unpaired) electrons. The Hall–Kier alpha value is -0.990. The molecule has 1 amide bonds. The molecule has 0 fully saturated rings. The van der Waals surface area contributed by atoms with Crippen molar-refractivity contribution in [2.24, 2.45) is 5.73 Å². The molecule has 0 atom stereocenters. The average molecular weight is 313 g/mol. The lowest BCUT2D eigenvalue weighted by molar-refractivity contribution is 0.0985. The number of nitrogens with two attached hydrogens (primary N) is 2. The fourth-order valence-electron chi connectivity index (χ4n) is 0.988. The van der Waals surface area contributed by atoms with Crippen molar-refractivity contribution in [2.45, 2.75) is 6.43 Å². The SMILES string of the molecule is NC(=O)c1c(I)cnc(N)c1C(F)F. The molecule has 0 aliphatic carbocycles. The number of halogens is 3. The van der Waals surface area contributed by atoms with Crippen LogP contribution in [0.5, 0.6) is 0 Å². The first-order valence-corrected chi connectivity index (χ1v) is 4.54. The minimum atomic E-state index is -2.86. The molecule has 4 nitrogen and oxygen atoms in total. The second-order valence-electron chi connectivity index (χ2n) is 2.44. The zero-order valence-electron chi connectivity index (χ0n) is 6.80. The van der Waals surface area contributed by atoms with Gasteiger partial charge < -0.3 is 11.5 Å². The maximum Gasteiger partial charge on any atom is 0.268 e. The van der Waals surface area contributed by atoms with E-state index in [0.717, 1.165) is 0 Å². The molecule has 0 aliphatic heterocycles. The molecule has 1 aromatic rings. The maximum absolute atomic E-state index is 12.5. The smallest absolute Gasteiger partial charge is 0.268 e. The lowest BCUT2D eigenvalue weighted by atomic mass is 10.1. The molecule has 0 unspecified atom stereocenters. The van der Waals surface area contributed by atoms with Crippen molar-refractivity contribution in [2.75, 3.05) is 5.73 Å². The van der Waals surface area contributed by atoms with Gasteiger partial charge >= 0.3 is 0 Å². The van der Waals surface area contributed by atoms with Crippen LogP contribution in [0.25, 0.3) is 0 Å². The Morgan fingerprint density at radius 3 is 2.50 bits per heavy atom. The molecule has 1 rings (SSSR count). The summed E-state index contributed by atoms with van der Waals surface area (Å²) in [5, 5.41) is 0. The van der Waals surface area contributed by atoms with Gasteiger partial charge in [-0.2, -0.15) is 0 Å². The summed E-state index contributed by atoms with van der Waals surface area (Å²) in [4.78, 5) is 14.4. The summed E-state index contributed by atoms with van der Waals surface area (Å²) < 4.78 is 25.3. The molecular formula is C7H6F2IN3O. The Morgan fingerprint density at radius 2 is 2.14 bits per heavy atom. The number of carbonyl (C=O) groups is 1. The topological polar surface area (TPSA) is 82.0 Å². The number of hydrogen-bond acceptors (Lipinski definition) is 3. The highest BCUT2D eigenvalue weighted by atomic mass is 127. The molecule has 0 aliphatic rings. The van der Waals surface area contributed by atoms with Gasteiger partial charge in [-0.25, -0.2) is 13.8 Å². The number of primary amides is 1. The highest BCUT2D eigenvalue weighted by Crippen LogP contribution is 2.29. The van der Waals surface area contributed by atoms with Crippen molar-refractivity contribution in [3.8, 4) is 0 Å². The van der Waals surface area contributed by atoms with Crippen LogP contribution in [0.2, 0.25) is 0 Å². The Morgan fingerprint density at radius 1 is 1.57 bits per heavy atom. The molecule has 0 aromatic carbocycles. The van der Waals surface area contributed by atoms with Crippen LogP contribution in [0.4, 0.5) is 14.6 Å². The van der Waals surface area contributed by atoms with E-state index in [9.17, 15) is 13.6 Å². The van der Waals surface area contributed by atoms with Gasteiger partial charge in [-0.15, -0.1) is 0 Å². The molecule has 0 spiro atoms. The highest BCUT2D eigenvalue weighted by molar-refractivity contribution is 14.1. The fraction of sp³-hybridized carbons (Fsp3) is 0.143. The van der Waals surface area contributed by atoms with E-state index in [0.29, 0.717) is 0 Å². The molecule has 0 saturated heterocycles.